The molecule has 4 heteroatoms. The standard InChI is InChI=1S/C11H11ClO2S/c1-14-11(13)8-4-5-9(7-2-3-7)10(6-8)15-12/h4-7H,2-3H2,1H3. The van der Waals surface area contributed by atoms with E-state index in [0.29, 0.717) is 11.5 Å². The van der Waals surface area contributed by atoms with E-state index in [-0.39, 0.29) is 5.97 Å². The molecule has 2 nitrogen and oxygen atoms in total. The molecule has 0 radical (unpaired) electrons. The summed E-state index contributed by atoms with van der Waals surface area (Å²) in [4.78, 5) is 12.3. The SMILES string of the molecule is COC(=O)c1ccc(C2CC2)c(SCl)c1. The molecule has 0 atom stereocenters. The number of carbonyl (C=O) groups excluding carboxylic acids is 1. The van der Waals surface area contributed by atoms with Gasteiger partial charge in [-0.25, -0.2) is 4.79 Å². The lowest BCUT2D eigenvalue weighted by Gasteiger charge is -2.06. The molecule has 1 aliphatic rings. The molecule has 80 valence electrons. The van der Waals surface area contributed by atoms with Crippen molar-refractivity contribution >= 4 is 27.6 Å². The van der Waals surface area contributed by atoms with Gasteiger partial charge in [0.05, 0.1) is 12.7 Å². The Hall–Kier alpha value is -0.670. The summed E-state index contributed by atoms with van der Waals surface area (Å²) in [6.07, 6.45) is 2.45. The van der Waals surface area contributed by atoms with Gasteiger partial charge in [0.25, 0.3) is 0 Å². The van der Waals surface area contributed by atoms with Gasteiger partial charge in [-0.3, -0.25) is 0 Å². The van der Waals surface area contributed by atoms with Crippen molar-refractivity contribution in [2.45, 2.75) is 23.7 Å². The highest BCUT2D eigenvalue weighted by atomic mass is 35.7. The highest BCUT2D eigenvalue weighted by molar-refractivity contribution is 8.21. The van der Waals surface area contributed by atoms with E-state index in [9.17, 15) is 4.79 Å². The molecule has 1 fully saturated rings. The number of halogens is 1. The first-order valence-electron chi connectivity index (χ1n) is 4.77. The first kappa shape index (κ1) is 10.8. The fourth-order valence-corrected chi connectivity index (χ4v) is 2.47. The number of hydrogen-bond donors (Lipinski definition) is 0. The van der Waals surface area contributed by atoms with Gasteiger partial charge in [0.2, 0.25) is 0 Å². The molecule has 0 spiro atoms. The highest BCUT2D eigenvalue weighted by Crippen LogP contribution is 2.45. The molecule has 0 unspecified atom stereocenters. The molecule has 1 saturated carbocycles. The van der Waals surface area contributed by atoms with Gasteiger partial charge < -0.3 is 4.74 Å². The van der Waals surface area contributed by atoms with E-state index in [0.717, 1.165) is 4.90 Å². The minimum Gasteiger partial charge on any atom is -0.465 e. The van der Waals surface area contributed by atoms with Crippen molar-refractivity contribution in [3.8, 4) is 0 Å². The van der Waals surface area contributed by atoms with Crippen molar-refractivity contribution in [1.29, 1.82) is 0 Å². The van der Waals surface area contributed by atoms with Gasteiger partial charge in [-0.15, -0.1) is 0 Å². The van der Waals surface area contributed by atoms with Gasteiger partial charge in [0.15, 0.2) is 0 Å². The average molecular weight is 243 g/mol. The molecule has 0 saturated heterocycles. The predicted molar refractivity (Wildman–Crippen MR) is 61.5 cm³/mol. The number of methoxy groups -OCH3 is 1. The normalized spacial score (nSPS) is 15.1. The van der Waals surface area contributed by atoms with Crippen LogP contribution in [0.1, 0.15) is 34.7 Å². The molecular formula is C11H11ClO2S. The molecule has 1 aromatic rings. The van der Waals surface area contributed by atoms with E-state index in [1.807, 2.05) is 6.07 Å². The summed E-state index contributed by atoms with van der Waals surface area (Å²) in [5.74, 6) is 0.322. The summed E-state index contributed by atoms with van der Waals surface area (Å²) in [5.41, 5.74) is 1.81. The fourth-order valence-electron chi connectivity index (χ4n) is 1.58. The molecule has 0 amide bonds. The maximum atomic E-state index is 11.3. The lowest BCUT2D eigenvalue weighted by Crippen LogP contribution is -2.01. The topological polar surface area (TPSA) is 26.3 Å². The summed E-state index contributed by atoms with van der Waals surface area (Å²) >= 11 is 0. The van der Waals surface area contributed by atoms with Gasteiger partial charge in [-0.2, -0.15) is 0 Å². The van der Waals surface area contributed by atoms with Crippen LogP contribution in [0.3, 0.4) is 0 Å². The number of carbonyl (C=O) groups is 1. The van der Waals surface area contributed by atoms with Gasteiger partial charge in [-0.1, -0.05) is 6.07 Å². The molecular weight excluding hydrogens is 232 g/mol. The summed E-state index contributed by atoms with van der Waals surface area (Å²) in [5, 5.41) is 0. The van der Waals surface area contributed by atoms with Gasteiger partial charge in [-0.05, 0) is 58.1 Å². The summed E-state index contributed by atoms with van der Waals surface area (Å²) in [7, 11) is 8.34. The highest BCUT2D eigenvalue weighted by Gasteiger charge is 2.26. The first-order chi connectivity index (χ1) is 7.26. The number of hydrogen-bond acceptors (Lipinski definition) is 3. The van der Waals surface area contributed by atoms with Crippen LogP contribution in [0.5, 0.6) is 0 Å². The Bertz CT molecular complexity index is 388. The Kier molecular flexibility index (Phi) is 3.22. The second kappa shape index (κ2) is 4.45. The Morgan fingerprint density at radius 3 is 2.80 bits per heavy atom. The van der Waals surface area contributed by atoms with Crippen LogP contribution >= 0.6 is 21.7 Å². The van der Waals surface area contributed by atoms with E-state index in [1.165, 1.54) is 36.5 Å². The predicted octanol–water partition coefficient (Wildman–Crippen LogP) is 3.60. The molecule has 1 aliphatic carbocycles. The van der Waals surface area contributed by atoms with Gasteiger partial charge >= 0.3 is 5.97 Å². The monoisotopic (exact) mass is 242 g/mol. The fraction of sp³-hybridized carbons (Fsp3) is 0.364. The Labute approximate surface area is 97.5 Å². The number of esters is 1. The Morgan fingerprint density at radius 2 is 2.27 bits per heavy atom. The molecule has 0 N–H and O–H groups in total. The van der Waals surface area contributed by atoms with Crippen LogP contribution in [-0.4, -0.2) is 13.1 Å². The number of rotatable bonds is 3. The zero-order valence-electron chi connectivity index (χ0n) is 8.33. The van der Waals surface area contributed by atoms with Crippen LogP contribution < -0.4 is 0 Å². The van der Waals surface area contributed by atoms with Crippen molar-refractivity contribution in [1.82, 2.24) is 0 Å². The van der Waals surface area contributed by atoms with Crippen molar-refractivity contribution in [2.75, 3.05) is 7.11 Å². The van der Waals surface area contributed by atoms with Crippen molar-refractivity contribution in [3.63, 3.8) is 0 Å². The van der Waals surface area contributed by atoms with Crippen molar-refractivity contribution in [3.05, 3.63) is 29.3 Å². The van der Waals surface area contributed by atoms with E-state index >= 15 is 0 Å². The van der Waals surface area contributed by atoms with Gasteiger partial charge in [0.1, 0.15) is 0 Å². The second-order valence-corrected chi connectivity index (χ2v) is 4.65. The average Bonchev–Trinajstić information content (AvgIpc) is 3.11. The smallest absolute Gasteiger partial charge is 0.337 e. The van der Waals surface area contributed by atoms with Crippen LogP contribution in [-0.2, 0) is 4.74 Å². The van der Waals surface area contributed by atoms with E-state index < -0.39 is 0 Å². The van der Waals surface area contributed by atoms with Crippen LogP contribution in [0.4, 0.5) is 0 Å². The Morgan fingerprint density at radius 1 is 1.53 bits per heavy atom. The molecule has 15 heavy (non-hydrogen) atoms. The van der Waals surface area contributed by atoms with E-state index in [2.05, 4.69) is 4.74 Å². The number of ether oxygens (including phenoxy) is 1. The van der Waals surface area contributed by atoms with E-state index in [4.69, 9.17) is 10.7 Å². The van der Waals surface area contributed by atoms with Crippen LogP contribution in [0.2, 0.25) is 0 Å². The zero-order chi connectivity index (χ0) is 10.8. The van der Waals surface area contributed by atoms with Crippen LogP contribution in [0.15, 0.2) is 23.1 Å². The van der Waals surface area contributed by atoms with Gasteiger partial charge in [0, 0.05) is 4.90 Å². The maximum Gasteiger partial charge on any atom is 0.337 e. The third-order valence-electron chi connectivity index (χ3n) is 2.53. The summed E-state index contributed by atoms with van der Waals surface area (Å²) < 4.78 is 4.66. The zero-order valence-corrected chi connectivity index (χ0v) is 9.90. The van der Waals surface area contributed by atoms with Crippen molar-refractivity contribution < 1.29 is 9.53 Å². The maximum absolute atomic E-state index is 11.3. The number of benzene rings is 1. The largest absolute Gasteiger partial charge is 0.465 e. The second-order valence-electron chi connectivity index (χ2n) is 3.60. The molecule has 0 aromatic heterocycles. The lowest BCUT2D eigenvalue weighted by molar-refractivity contribution is 0.0600. The molecule has 0 aliphatic heterocycles. The third kappa shape index (κ3) is 2.29. The lowest BCUT2D eigenvalue weighted by atomic mass is 10.1. The van der Waals surface area contributed by atoms with Crippen molar-refractivity contribution in [2.24, 2.45) is 0 Å². The minimum absolute atomic E-state index is 0.315. The Balaban J connectivity index is 2.33. The summed E-state index contributed by atoms with van der Waals surface area (Å²) in [6.45, 7) is 0. The first-order valence-corrected chi connectivity index (χ1v) is 6.41. The van der Waals surface area contributed by atoms with E-state index in [1.54, 1.807) is 12.1 Å². The van der Waals surface area contributed by atoms with Crippen LogP contribution in [0, 0.1) is 0 Å². The molecule has 0 bridgehead atoms. The molecule has 1 aromatic carbocycles. The quantitative estimate of drug-likeness (QED) is 0.758. The summed E-state index contributed by atoms with van der Waals surface area (Å²) in [6, 6.07) is 5.59. The molecule has 2 rings (SSSR count). The van der Waals surface area contributed by atoms with Crippen LogP contribution in [0.25, 0.3) is 0 Å². The minimum atomic E-state index is -0.315. The molecule has 0 heterocycles. The third-order valence-corrected chi connectivity index (χ3v) is 3.55.